The average molecular weight is 531 g/mol. The average Bonchev–Trinajstić information content (AvgIpc) is 2.87. The molecule has 4 rings (SSSR count). The molecule has 7 heteroatoms. The summed E-state index contributed by atoms with van der Waals surface area (Å²) in [6.45, 7) is 6.43. The van der Waals surface area contributed by atoms with Crippen molar-refractivity contribution in [2.75, 3.05) is 18.1 Å². The van der Waals surface area contributed by atoms with Gasteiger partial charge in [0.15, 0.2) is 0 Å². The summed E-state index contributed by atoms with van der Waals surface area (Å²) in [7, 11) is -1.68. The van der Waals surface area contributed by atoms with Crippen LogP contribution < -0.4 is 15.0 Å². The normalized spacial score (nSPS) is 11.8. The van der Waals surface area contributed by atoms with Gasteiger partial charge in [-0.3, -0.25) is 14.1 Å². The fraction of sp³-hybridized carbons (Fsp3) is 0.258. The number of nitrogens with zero attached hydrogens (tertiary/aromatic N) is 1. The highest BCUT2D eigenvalue weighted by Gasteiger charge is 2.23. The first-order valence-corrected chi connectivity index (χ1v) is 14.4. The van der Waals surface area contributed by atoms with Gasteiger partial charge in [-0.05, 0) is 83.5 Å². The monoisotopic (exact) mass is 530 g/mol. The number of aromatic nitrogens is 1. The van der Waals surface area contributed by atoms with E-state index in [2.05, 4.69) is 49.8 Å². The highest BCUT2D eigenvalue weighted by molar-refractivity contribution is 7.92. The molecule has 0 radical (unpaired) electrons. The largest absolute Gasteiger partial charge is 0.496 e. The van der Waals surface area contributed by atoms with Crippen LogP contribution >= 0.6 is 0 Å². The molecule has 0 atom stereocenters. The van der Waals surface area contributed by atoms with Gasteiger partial charge in [-0.1, -0.05) is 51.1 Å². The molecule has 6 nitrogen and oxygen atoms in total. The summed E-state index contributed by atoms with van der Waals surface area (Å²) >= 11 is 0. The molecule has 0 aliphatic carbocycles. The number of ether oxygens (including phenoxy) is 1. The molecule has 0 saturated heterocycles. The van der Waals surface area contributed by atoms with Gasteiger partial charge in [-0.25, -0.2) is 8.42 Å². The van der Waals surface area contributed by atoms with Crippen molar-refractivity contribution in [1.29, 1.82) is 0 Å². The van der Waals surface area contributed by atoms with Crippen LogP contribution in [0.3, 0.4) is 0 Å². The van der Waals surface area contributed by atoms with E-state index in [1.165, 1.54) is 5.56 Å². The highest BCUT2D eigenvalue weighted by Crippen LogP contribution is 2.38. The van der Waals surface area contributed by atoms with Crippen molar-refractivity contribution < 1.29 is 13.2 Å². The van der Waals surface area contributed by atoms with E-state index >= 15 is 0 Å². The second-order valence-corrected chi connectivity index (χ2v) is 12.2. The molecule has 38 heavy (non-hydrogen) atoms. The van der Waals surface area contributed by atoms with Crippen LogP contribution in [0.25, 0.3) is 16.8 Å². The van der Waals surface area contributed by atoms with Crippen LogP contribution in [0.5, 0.6) is 5.75 Å². The minimum atomic E-state index is -3.38. The smallest absolute Gasteiger partial charge is 0.262 e. The van der Waals surface area contributed by atoms with Gasteiger partial charge in [0.2, 0.25) is 10.0 Å². The van der Waals surface area contributed by atoms with E-state index in [1.807, 2.05) is 30.3 Å². The van der Waals surface area contributed by atoms with Crippen LogP contribution in [0.15, 0.2) is 89.9 Å². The number of hydrogen-bond acceptors (Lipinski definition) is 4. The second-order valence-electron chi connectivity index (χ2n) is 10.5. The summed E-state index contributed by atoms with van der Waals surface area (Å²) < 4.78 is 33.0. The lowest BCUT2D eigenvalue weighted by Gasteiger charge is -2.25. The van der Waals surface area contributed by atoms with Gasteiger partial charge in [0.1, 0.15) is 5.75 Å². The molecule has 0 spiro atoms. The molecule has 0 aliphatic heterocycles. The molecule has 0 unspecified atom stereocenters. The summed E-state index contributed by atoms with van der Waals surface area (Å²) in [5.74, 6) is 0.863. The van der Waals surface area contributed by atoms with Gasteiger partial charge in [0, 0.05) is 28.7 Å². The van der Waals surface area contributed by atoms with Crippen molar-refractivity contribution >= 4 is 15.7 Å². The maximum absolute atomic E-state index is 13.7. The number of sulfonamides is 1. The third-order valence-corrected chi connectivity index (χ3v) is 7.02. The van der Waals surface area contributed by atoms with Crippen molar-refractivity contribution in [2.24, 2.45) is 0 Å². The minimum absolute atomic E-state index is 0.157. The Balaban J connectivity index is 1.78. The first-order chi connectivity index (χ1) is 18.0. The zero-order valence-electron chi connectivity index (χ0n) is 22.5. The van der Waals surface area contributed by atoms with Gasteiger partial charge >= 0.3 is 0 Å². The van der Waals surface area contributed by atoms with Crippen molar-refractivity contribution in [3.8, 4) is 22.6 Å². The summed E-state index contributed by atoms with van der Waals surface area (Å²) in [6, 6.07) is 24.9. The van der Waals surface area contributed by atoms with E-state index in [-0.39, 0.29) is 11.0 Å². The summed E-state index contributed by atoms with van der Waals surface area (Å²) in [5.41, 5.74) is 5.51. The first kappa shape index (κ1) is 27.2. The zero-order valence-corrected chi connectivity index (χ0v) is 23.3. The number of methoxy groups -OCH3 is 1. The van der Waals surface area contributed by atoms with Crippen LogP contribution in [-0.4, -0.2) is 26.4 Å². The molecule has 1 N–H and O–H groups in total. The van der Waals surface area contributed by atoms with Gasteiger partial charge in [-0.15, -0.1) is 0 Å². The van der Waals surface area contributed by atoms with Crippen molar-refractivity contribution in [3.05, 3.63) is 112 Å². The SMILES string of the molecule is COc1c(CCc2ccccc2)cc(-c2cccn(-c3ccc(NS(C)(=O)=O)cc3)c2=O)cc1C(C)(C)C. The highest BCUT2D eigenvalue weighted by atomic mass is 32.2. The van der Waals surface area contributed by atoms with E-state index in [0.29, 0.717) is 16.9 Å². The number of pyridine rings is 1. The Bertz CT molecular complexity index is 1580. The van der Waals surface area contributed by atoms with Gasteiger partial charge in [0.05, 0.1) is 13.4 Å². The Morgan fingerprint density at radius 3 is 2.18 bits per heavy atom. The zero-order chi connectivity index (χ0) is 27.5. The van der Waals surface area contributed by atoms with E-state index in [0.717, 1.165) is 41.5 Å². The fourth-order valence-corrected chi connectivity index (χ4v) is 5.14. The molecule has 0 fully saturated rings. The lowest BCUT2D eigenvalue weighted by molar-refractivity contribution is 0.392. The first-order valence-electron chi connectivity index (χ1n) is 12.5. The maximum atomic E-state index is 13.7. The molecule has 4 aromatic rings. The fourth-order valence-electron chi connectivity index (χ4n) is 4.57. The van der Waals surface area contributed by atoms with Crippen molar-refractivity contribution in [2.45, 2.75) is 39.0 Å². The number of benzene rings is 3. The predicted molar refractivity (Wildman–Crippen MR) is 155 cm³/mol. The molecule has 198 valence electrons. The Hall–Kier alpha value is -3.84. The number of aryl methyl sites for hydroxylation is 2. The van der Waals surface area contributed by atoms with Gasteiger partial charge < -0.3 is 4.74 Å². The van der Waals surface area contributed by atoms with Crippen molar-refractivity contribution in [1.82, 2.24) is 4.57 Å². The Morgan fingerprint density at radius 1 is 0.895 bits per heavy atom. The predicted octanol–water partition coefficient (Wildman–Crippen LogP) is 5.97. The summed E-state index contributed by atoms with van der Waals surface area (Å²) in [4.78, 5) is 13.7. The van der Waals surface area contributed by atoms with Gasteiger partial charge in [-0.2, -0.15) is 0 Å². The Labute approximate surface area is 225 Å². The minimum Gasteiger partial charge on any atom is -0.496 e. The van der Waals surface area contributed by atoms with Crippen LogP contribution in [0.4, 0.5) is 5.69 Å². The lowest BCUT2D eigenvalue weighted by Crippen LogP contribution is -2.20. The quantitative estimate of drug-likeness (QED) is 0.305. The molecule has 0 amide bonds. The van der Waals surface area contributed by atoms with Crippen LogP contribution in [0.1, 0.15) is 37.5 Å². The van der Waals surface area contributed by atoms with E-state index in [4.69, 9.17) is 4.74 Å². The number of rotatable bonds is 8. The van der Waals surface area contributed by atoms with Crippen LogP contribution in [-0.2, 0) is 28.3 Å². The molecule has 1 aromatic heterocycles. The van der Waals surface area contributed by atoms with E-state index in [1.54, 1.807) is 42.1 Å². The Kier molecular flexibility index (Phi) is 7.78. The third-order valence-electron chi connectivity index (χ3n) is 6.41. The van der Waals surface area contributed by atoms with E-state index < -0.39 is 10.0 Å². The molecular weight excluding hydrogens is 496 g/mol. The summed E-state index contributed by atoms with van der Waals surface area (Å²) in [5, 5.41) is 0. The third kappa shape index (κ3) is 6.34. The molecular formula is C31H34N2O4S. The van der Waals surface area contributed by atoms with E-state index in [9.17, 15) is 13.2 Å². The van der Waals surface area contributed by atoms with Crippen LogP contribution in [0.2, 0.25) is 0 Å². The molecule has 0 saturated carbocycles. The number of nitrogens with one attached hydrogen (secondary N) is 1. The molecule has 1 heterocycles. The summed E-state index contributed by atoms with van der Waals surface area (Å²) in [6.07, 6.45) is 4.45. The maximum Gasteiger partial charge on any atom is 0.262 e. The molecule has 3 aromatic carbocycles. The lowest BCUT2D eigenvalue weighted by atomic mass is 9.82. The standard InChI is InChI=1S/C31H34N2O4S/c1-31(2,3)28-21-24(20-23(29(28)37-4)14-13-22-10-7-6-8-11-22)27-12-9-19-33(30(27)34)26-17-15-25(16-18-26)32-38(5,35)36/h6-12,15-21,32H,13-14H2,1-5H3. The van der Waals surface area contributed by atoms with Crippen molar-refractivity contribution in [3.63, 3.8) is 0 Å². The number of hydrogen-bond donors (Lipinski definition) is 1. The second kappa shape index (κ2) is 10.9. The van der Waals surface area contributed by atoms with Gasteiger partial charge in [0.25, 0.3) is 5.56 Å². The Morgan fingerprint density at radius 2 is 1.58 bits per heavy atom. The molecule has 0 aliphatic rings. The number of anilines is 1. The van der Waals surface area contributed by atoms with Crippen LogP contribution in [0, 0.1) is 0 Å². The molecule has 0 bridgehead atoms. The topological polar surface area (TPSA) is 77.4 Å².